The van der Waals surface area contributed by atoms with Gasteiger partial charge in [-0.1, -0.05) is 11.6 Å². The van der Waals surface area contributed by atoms with Gasteiger partial charge in [-0.2, -0.15) is 0 Å². The van der Waals surface area contributed by atoms with Gasteiger partial charge < -0.3 is 5.11 Å². The predicted octanol–water partition coefficient (Wildman–Crippen LogP) is 3.19. The first-order valence-corrected chi connectivity index (χ1v) is 4.12. The Bertz CT molecular complexity index is 377. The number of carbonyl (C=O) groups is 1. The minimum Gasteiger partial charge on any atom is -0.507 e. The van der Waals surface area contributed by atoms with Crippen molar-refractivity contribution in [2.24, 2.45) is 0 Å². The second kappa shape index (κ2) is 3.92. The van der Waals surface area contributed by atoms with E-state index in [1.54, 1.807) is 0 Å². The second-order valence-corrected chi connectivity index (χ2v) is 3.18. The zero-order valence-corrected chi connectivity index (χ0v) is 7.98. The molecule has 0 heterocycles. The highest BCUT2D eigenvalue weighted by Crippen LogP contribution is 2.32. The number of phenolic OH excluding ortho intramolecular Hbond substituents is 1. The SMILES string of the molecule is CC(=O)c1c(O)cc(Cl)cc1C(F)F. The summed E-state index contributed by atoms with van der Waals surface area (Å²) in [6.07, 6.45) is -2.83. The van der Waals surface area contributed by atoms with E-state index in [1.807, 2.05) is 0 Å². The van der Waals surface area contributed by atoms with E-state index in [4.69, 9.17) is 11.6 Å². The molecule has 1 aromatic rings. The summed E-state index contributed by atoms with van der Waals surface area (Å²) in [7, 11) is 0. The third-order valence-corrected chi connectivity index (χ3v) is 1.92. The molecule has 0 saturated heterocycles. The molecule has 0 amide bonds. The molecule has 0 spiro atoms. The van der Waals surface area contributed by atoms with Gasteiger partial charge >= 0.3 is 0 Å². The number of hydrogen-bond acceptors (Lipinski definition) is 2. The second-order valence-electron chi connectivity index (χ2n) is 2.75. The highest BCUT2D eigenvalue weighted by Gasteiger charge is 2.20. The van der Waals surface area contributed by atoms with Crippen LogP contribution in [0.2, 0.25) is 5.02 Å². The van der Waals surface area contributed by atoms with Crippen molar-refractivity contribution in [1.29, 1.82) is 0 Å². The smallest absolute Gasteiger partial charge is 0.264 e. The quantitative estimate of drug-likeness (QED) is 0.778. The first-order valence-electron chi connectivity index (χ1n) is 3.75. The topological polar surface area (TPSA) is 37.3 Å². The maximum atomic E-state index is 12.4. The summed E-state index contributed by atoms with van der Waals surface area (Å²) < 4.78 is 24.9. The molecule has 76 valence electrons. The number of ketones is 1. The lowest BCUT2D eigenvalue weighted by Crippen LogP contribution is -2.00. The molecule has 0 unspecified atom stereocenters. The minimum atomic E-state index is -2.83. The Balaban J connectivity index is 3.44. The van der Waals surface area contributed by atoms with Crippen LogP contribution in [0.4, 0.5) is 8.78 Å². The fourth-order valence-electron chi connectivity index (χ4n) is 1.17. The van der Waals surface area contributed by atoms with E-state index in [0.29, 0.717) is 0 Å². The van der Waals surface area contributed by atoms with Crippen LogP contribution in [-0.4, -0.2) is 10.9 Å². The Kier molecular flexibility index (Phi) is 3.06. The standard InChI is InChI=1S/C9H7ClF2O2/c1-4(13)8-6(9(11)12)2-5(10)3-7(8)14/h2-3,9,14H,1H3. The van der Waals surface area contributed by atoms with Crippen molar-refractivity contribution in [2.45, 2.75) is 13.3 Å². The number of alkyl halides is 2. The van der Waals surface area contributed by atoms with Crippen molar-refractivity contribution < 1.29 is 18.7 Å². The molecule has 5 heteroatoms. The maximum absolute atomic E-state index is 12.4. The normalized spacial score (nSPS) is 10.6. The number of aromatic hydroxyl groups is 1. The molecule has 2 nitrogen and oxygen atoms in total. The third-order valence-electron chi connectivity index (χ3n) is 1.70. The van der Waals surface area contributed by atoms with Crippen molar-refractivity contribution in [3.05, 3.63) is 28.3 Å². The Hall–Kier alpha value is -1.16. The molecule has 14 heavy (non-hydrogen) atoms. The summed E-state index contributed by atoms with van der Waals surface area (Å²) in [6, 6.07) is 2.03. The van der Waals surface area contributed by atoms with Crippen LogP contribution in [0.25, 0.3) is 0 Å². The number of Topliss-reactive ketones (excluding diaryl/α,β-unsaturated/α-hetero) is 1. The predicted molar refractivity (Wildman–Crippen MR) is 48.1 cm³/mol. The Morgan fingerprint density at radius 3 is 2.50 bits per heavy atom. The van der Waals surface area contributed by atoms with Gasteiger partial charge in [0, 0.05) is 10.6 Å². The number of rotatable bonds is 2. The van der Waals surface area contributed by atoms with E-state index in [-0.39, 0.29) is 10.6 Å². The molecule has 0 fully saturated rings. The van der Waals surface area contributed by atoms with Crippen molar-refractivity contribution in [3.8, 4) is 5.75 Å². The monoisotopic (exact) mass is 220 g/mol. The highest BCUT2D eigenvalue weighted by molar-refractivity contribution is 6.31. The van der Waals surface area contributed by atoms with Gasteiger partial charge in [0.1, 0.15) is 5.75 Å². The molecular weight excluding hydrogens is 214 g/mol. The van der Waals surface area contributed by atoms with Gasteiger partial charge in [-0.3, -0.25) is 4.79 Å². The fourth-order valence-corrected chi connectivity index (χ4v) is 1.39. The van der Waals surface area contributed by atoms with Crippen LogP contribution in [0.1, 0.15) is 29.3 Å². The van der Waals surface area contributed by atoms with Gasteiger partial charge in [-0.05, 0) is 19.1 Å². The van der Waals surface area contributed by atoms with Crippen LogP contribution in [0.3, 0.4) is 0 Å². The van der Waals surface area contributed by atoms with Gasteiger partial charge in [0.25, 0.3) is 6.43 Å². The number of halogens is 3. The summed E-state index contributed by atoms with van der Waals surface area (Å²) in [4.78, 5) is 11.0. The number of hydrogen-bond donors (Lipinski definition) is 1. The molecular formula is C9H7ClF2O2. The molecule has 0 aliphatic carbocycles. The lowest BCUT2D eigenvalue weighted by molar-refractivity contribution is 0.0995. The van der Waals surface area contributed by atoms with Gasteiger partial charge in [0.05, 0.1) is 5.56 Å². The molecule has 0 atom stereocenters. The van der Waals surface area contributed by atoms with E-state index in [1.165, 1.54) is 0 Å². The average Bonchev–Trinajstić information content (AvgIpc) is 2.01. The Morgan fingerprint density at radius 1 is 1.50 bits per heavy atom. The van der Waals surface area contributed by atoms with Crippen LogP contribution >= 0.6 is 11.6 Å². The summed E-state index contributed by atoms with van der Waals surface area (Å²) in [6.45, 7) is 1.11. The lowest BCUT2D eigenvalue weighted by atomic mass is 10.0. The molecule has 0 saturated carbocycles. The lowest BCUT2D eigenvalue weighted by Gasteiger charge is -2.08. The molecule has 1 aromatic carbocycles. The molecule has 0 aliphatic rings. The van der Waals surface area contributed by atoms with Gasteiger partial charge in [0.15, 0.2) is 5.78 Å². The van der Waals surface area contributed by atoms with E-state index in [2.05, 4.69) is 0 Å². The zero-order valence-electron chi connectivity index (χ0n) is 7.22. The van der Waals surface area contributed by atoms with E-state index in [0.717, 1.165) is 19.1 Å². The molecule has 1 rings (SSSR count). The van der Waals surface area contributed by atoms with Crippen LogP contribution < -0.4 is 0 Å². The van der Waals surface area contributed by atoms with Crippen molar-refractivity contribution in [1.82, 2.24) is 0 Å². The zero-order chi connectivity index (χ0) is 10.9. The number of benzene rings is 1. The molecule has 0 aliphatic heterocycles. The third kappa shape index (κ3) is 2.01. The Labute approximate surface area is 84.1 Å². The molecule has 0 radical (unpaired) electrons. The van der Waals surface area contributed by atoms with Gasteiger partial charge in [0.2, 0.25) is 0 Å². The summed E-state index contributed by atoms with van der Waals surface area (Å²) in [5, 5.41) is 9.23. The summed E-state index contributed by atoms with van der Waals surface area (Å²) in [5.41, 5.74) is -0.910. The summed E-state index contributed by atoms with van der Waals surface area (Å²) >= 11 is 5.47. The Morgan fingerprint density at radius 2 is 2.07 bits per heavy atom. The van der Waals surface area contributed by atoms with Crippen LogP contribution in [0.5, 0.6) is 5.75 Å². The van der Waals surface area contributed by atoms with Crippen LogP contribution in [0, 0.1) is 0 Å². The first-order chi connectivity index (χ1) is 6.43. The first kappa shape index (κ1) is 10.9. The largest absolute Gasteiger partial charge is 0.507 e. The minimum absolute atomic E-state index is 0.0252. The van der Waals surface area contributed by atoms with E-state index in [9.17, 15) is 18.7 Å². The van der Waals surface area contributed by atoms with E-state index < -0.39 is 23.5 Å². The molecule has 1 N–H and O–H groups in total. The highest BCUT2D eigenvalue weighted by atomic mass is 35.5. The van der Waals surface area contributed by atoms with Crippen LogP contribution in [-0.2, 0) is 0 Å². The molecule has 0 aromatic heterocycles. The van der Waals surface area contributed by atoms with Crippen molar-refractivity contribution >= 4 is 17.4 Å². The molecule has 0 bridgehead atoms. The van der Waals surface area contributed by atoms with Gasteiger partial charge in [-0.25, -0.2) is 8.78 Å². The van der Waals surface area contributed by atoms with Crippen molar-refractivity contribution in [3.63, 3.8) is 0 Å². The van der Waals surface area contributed by atoms with Crippen LogP contribution in [0.15, 0.2) is 12.1 Å². The number of carbonyl (C=O) groups excluding carboxylic acids is 1. The maximum Gasteiger partial charge on any atom is 0.264 e. The average molecular weight is 221 g/mol. The fraction of sp³-hybridized carbons (Fsp3) is 0.222. The van der Waals surface area contributed by atoms with Crippen molar-refractivity contribution in [2.75, 3.05) is 0 Å². The summed E-state index contributed by atoms with van der Waals surface area (Å²) in [5.74, 6) is -1.13. The number of phenols is 1. The van der Waals surface area contributed by atoms with E-state index >= 15 is 0 Å². The van der Waals surface area contributed by atoms with Gasteiger partial charge in [-0.15, -0.1) is 0 Å².